The molecule has 0 aliphatic carbocycles. The molecule has 0 radical (unpaired) electrons. The molecular formula is C34H36FN5O4S8. The van der Waals surface area contributed by atoms with Gasteiger partial charge in [-0.2, -0.15) is 18.5 Å². The lowest BCUT2D eigenvalue weighted by Gasteiger charge is -2.21. The zero-order valence-electron chi connectivity index (χ0n) is 28.1. The second-order valence-electron chi connectivity index (χ2n) is 10.4. The van der Waals surface area contributed by atoms with E-state index < -0.39 is 10.0 Å². The van der Waals surface area contributed by atoms with E-state index in [0.29, 0.717) is 84.4 Å². The summed E-state index contributed by atoms with van der Waals surface area (Å²) in [6, 6.07) is 18.5. The molecule has 3 aromatic heterocycles. The van der Waals surface area contributed by atoms with Crippen LogP contribution in [0, 0.1) is 18.2 Å². The molecule has 0 aliphatic rings. The molecule has 0 spiro atoms. The lowest BCUT2D eigenvalue weighted by molar-refractivity contribution is 0.399. The number of fused-ring (bicyclic) bond motifs is 2. The van der Waals surface area contributed by atoms with Crippen LogP contribution in [0.5, 0.6) is 5.88 Å². The Morgan fingerprint density at radius 1 is 0.981 bits per heavy atom. The number of hydrogen-bond acceptors (Lipinski definition) is 13. The third-order valence-electron chi connectivity index (χ3n) is 7.57. The Balaban J connectivity index is 0.00000127. The topological polar surface area (TPSA) is 113 Å². The van der Waals surface area contributed by atoms with Crippen molar-refractivity contribution in [3.63, 3.8) is 0 Å². The number of thiol groups is 6. The lowest BCUT2D eigenvalue weighted by atomic mass is 9.95. The van der Waals surface area contributed by atoms with E-state index in [1.54, 1.807) is 31.3 Å². The summed E-state index contributed by atoms with van der Waals surface area (Å²) in [5.41, 5.74) is 6.24. The second kappa shape index (κ2) is 20.3. The number of pyridine rings is 1. The number of methoxy groups -OCH3 is 1. The fraction of sp³-hybridized carbons (Fsp3) is 0.118. The molecule has 6 rings (SSSR count). The highest BCUT2D eigenvalue weighted by atomic mass is 33.1. The van der Waals surface area contributed by atoms with Crippen molar-refractivity contribution < 1.29 is 22.0 Å². The Kier molecular flexibility index (Phi) is 17.6. The Morgan fingerprint density at radius 2 is 1.62 bits per heavy atom. The van der Waals surface area contributed by atoms with E-state index in [9.17, 15) is 12.8 Å². The van der Waals surface area contributed by atoms with Gasteiger partial charge in [0.15, 0.2) is 5.65 Å². The van der Waals surface area contributed by atoms with Crippen LogP contribution >= 0.6 is 83.5 Å². The Bertz CT molecular complexity index is 2310. The van der Waals surface area contributed by atoms with Gasteiger partial charge in [0.05, 0.1) is 30.1 Å². The predicted molar refractivity (Wildman–Crippen MR) is 240 cm³/mol. The molecule has 6 aromatic rings. The van der Waals surface area contributed by atoms with Crippen LogP contribution < -0.4 is 14.4 Å². The highest BCUT2D eigenvalue weighted by Gasteiger charge is 2.25. The van der Waals surface area contributed by atoms with E-state index in [1.165, 1.54) is 30.6 Å². The molecule has 0 atom stereocenters. The van der Waals surface area contributed by atoms with Gasteiger partial charge in [-0.05, 0) is 60.2 Å². The van der Waals surface area contributed by atoms with Crippen molar-refractivity contribution in [3.05, 3.63) is 90.3 Å². The van der Waals surface area contributed by atoms with Gasteiger partial charge >= 0.3 is 0 Å². The minimum Gasteiger partial charge on any atom is -0.481 e. The van der Waals surface area contributed by atoms with Gasteiger partial charge in [0.25, 0.3) is 0 Å². The quantitative estimate of drug-likeness (QED) is 0.0439. The summed E-state index contributed by atoms with van der Waals surface area (Å²) < 4.78 is 52.3. The number of nitrogens with zero attached hydrogens (tertiary/aromatic N) is 3. The first-order valence-corrected chi connectivity index (χ1v) is 21.0. The van der Waals surface area contributed by atoms with Gasteiger partial charge in [-0.15, -0.1) is 76.4 Å². The van der Waals surface area contributed by atoms with E-state index in [-0.39, 0.29) is 19.3 Å². The Labute approximate surface area is 340 Å². The van der Waals surface area contributed by atoms with E-state index in [2.05, 4.69) is 103 Å². The van der Waals surface area contributed by atoms with E-state index >= 15 is 0 Å². The van der Waals surface area contributed by atoms with Crippen LogP contribution in [0.1, 0.15) is 11.1 Å². The van der Waals surface area contributed by atoms with Gasteiger partial charge in [-0.25, -0.2) is 17.8 Å². The van der Waals surface area contributed by atoms with Gasteiger partial charge in [-0.1, -0.05) is 12.5 Å². The van der Waals surface area contributed by atoms with Gasteiger partial charge in [0.2, 0.25) is 15.9 Å². The summed E-state index contributed by atoms with van der Waals surface area (Å²) in [6.07, 6.45) is 7.02. The van der Waals surface area contributed by atoms with Crippen molar-refractivity contribution in [3.8, 4) is 52.1 Å². The van der Waals surface area contributed by atoms with Crippen LogP contribution in [-0.4, -0.2) is 50.8 Å². The van der Waals surface area contributed by atoms with Crippen LogP contribution in [0.4, 0.5) is 10.1 Å². The number of anilines is 1. The molecule has 0 fully saturated rings. The number of hydrogen-bond donors (Lipinski definition) is 8. The largest absolute Gasteiger partial charge is 0.481 e. The lowest BCUT2D eigenvalue weighted by Crippen LogP contribution is -2.25. The van der Waals surface area contributed by atoms with Crippen LogP contribution in [0.2, 0.25) is 0 Å². The monoisotopic (exact) mass is 853 g/mol. The zero-order valence-corrected chi connectivity index (χ0v) is 35.3. The molecular weight excluding hydrogens is 818 g/mol. The smallest absolute Gasteiger partial charge is 0.232 e. The van der Waals surface area contributed by atoms with Crippen LogP contribution in [0.25, 0.3) is 61.7 Å². The number of sulfonamides is 1. The normalized spacial score (nSPS) is 10.3. The maximum atomic E-state index is 13.8. The number of aromatic nitrogens is 3. The van der Waals surface area contributed by atoms with Gasteiger partial charge in [-0.3, -0.25) is 4.31 Å². The average Bonchev–Trinajstić information content (AvgIpc) is 3.77. The molecule has 0 unspecified atom stereocenters. The first kappa shape index (κ1) is 45.0. The zero-order chi connectivity index (χ0) is 38.0. The minimum atomic E-state index is -3.70. The number of H-pyrrole nitrogens is 1. The molecule has 52 heavy (non-hydrogen) atoms. The molecule has 2 N–H and O–H groups in total. The van der Waals surface area contributed by atoms with Crippen molar-refractivity contribution in [1.82, 2.24) is 20.3 Å². The second-order valence-corrected chi connectivity index (χ2v) is 12.4. The number of halogens is 1. The van der Waals surface area contributed by atoms with E-state index in [0.717, 1.165) is 6.26 Å². The van der Waals surface area contributed by atoms with Gasteiger partial charge in [0.1, 0.15) is 23.0 Å². The number of imidazole rings is 1. The summed E-state index contributed by atoms with van der Waals surface area (Å²) in [5.74, 6) is 3.73. The van der Waals surface area contributed by atoms with Gasteiger partial charge < -0.3 is 19.5 Å². The predicted octanol–water partition coefficient (Wildman–Crippen LogP) is 8.82. The molecule has 3 aromatic carbocycles. The number of rotatable bonds is 8. The van der Waals surface area contributed by atoms with Crippen LogP contribution in [0.3, 0.4) is 0 Å². The third kappa shape index (κ3) is 9.88. The summed E-state index contributed by atoms with van der Waals surface area (Å²) in [6.45, 7) is 4.18. The number of benzene rings is 3. The molecule has 0 bridgehead atoms. The van der Waals surface area contributed by atoms with Crippen molar-refractivity contribution in [2.45, 2.75) is 0 Å². The molecule has 276 valence electrons. The number of furan rings is 1. The Hall–Kier alpha value is -3.15. The summed E-state index contributed by atoms with van der Waals surface area (Å²) in [4.78, 5) is 12.3. The number of nitrogens with one attached hydrogen (secondary N) is 2. The highest BCUT2D eigenvalue weighted by Crippen LogP contribution is 2.43. The summed E-state index contributed by atoms with van der Waals surface area (Å²) in [7, 11) is 1.05. The van der Waals surface area contributed by atoms with Crippen molar-refractivity contribution >= 4 is 127 Å². The first-order chi connectivity index (χ1) is 24.5. The Morgan fingerprint density at radius 3 is 2.19 bits per heavy atom. The van der Waals surface area contributed by atoms with Crippen molar-refractivity contribution in [2.75, 3.05) is 31.8 Å². The highest BCUT2D eigenvalue weighted by molar-refractivity contribution is 8.60. The molecule has 0 amide bonds. The van der Waals surface area contributed by atoms with Crippen molar-refractivity contribution in [2.24, 2.45) is 0 Å². The average molecular weight is 854 g/mol. The number of ether oxygens (including phenoxy) is 1. The fourth-order valence-electron chi connectivity index (χ4n) is 5.16. The summed E-state index contributed by atoms with van der Waals surface area (Å²) >= 11 is 19.3. The number of terminal acetylenes is 1. The molecule has 0 saturated carbocycles. The van der Waals surface area contributed by atoms with E-state index in [4.69, 9.17) is 15.6 Å². The third-order valence-corrected chi connectivity index (χ3v) is 8.76. The molecule has 9 nitrogen and oxygen atoms in total. The van der Waals surface area contributed by atoms with Crippen LogP contribution in [0.15, 0.2) is 77.7 Å². The molecule has 0 saturated heterocycles. The molecule has 3 heterocycles. The van der Waals surface area contributed by atoms with Gasteiger partial charge in [0, 0.05) is 59.6 Å². The number of aromatic amines is 1. The summed E-state index contributed by atoms with van der Waals surface area (Å²) in [5, 5.41) is 3.75. The maximum absolute atomic E-state index is 13.8. The maximum Gasteiger partial charge on any atom is 0.232 e. The van der Waals surface area contributed by atoms with Crippen LogP contribution in [-0.2, 0) is 10.0 Å². The first-order valence-electron chi connectivity index (χ1n) is 14.3. The minimum absolute atomic E-state index is 0. The standard InChI is InChI=1S/C34H28FN5O4S.3H2S2.H2S/c1-7-20-14-22(16-23(15-20)33-37-27-12-13-30(43-5)38-34(27)39-33)25-17-26-29(18-28(25)40(4)45(6,41)42)44-32(31(26)19(2)36-3)21-8-10-24(35)11-9-21;3*1-2;/h1,8-18,36H,2H2,3-6H3,(H,37,38,39);3*1-2H;1H2. The molecule has 18 heteroatoms. The molecule has 0 aliphatic heterocycles. The van der Waals surface area contributed by atoms with Crippen molar-refractivity contribution in [1.29, 1.82) is 0 Å². The fourth-order valence-corrected chi connectivity index (χ4v) is 5.67. The van der Waals surface area contributed by atoms with E-state index in [1.807, 2.05) is 30.3 Å². The SMILES string of the molecule is C#Cc1cc(-c2nc3nc(OC)ccc3[nH]2)cc(-c2cc3c(C(=C)NC)c(-c4ccc(F)cc4)oc3cc2N(C)S(C)(=O)=O)c1.S.SS.SS.SS.